The first kappa shape index (κ1) is 91.8. The topological polar surface area (TPSA) is 334 Å². The van der Waals surface area contributed by atoms with Crippen LogP contribution in [0.25, 0.3) is 0 Å². The maximum atomic E-state index is 14.1. The van der Waals surface area contributed by atoms with E-state index in [1.807, 2.05) is 39.8 Å². The van der Waals surface area contributed by atoms with E-state index in [2.05, 4.69) is 0 Å². The third kappa shape index (κ3) is 31.2. The van der Waals surface area contributed by atoms with Gasteiger partial charge in [-0.3, -0.25) is 28.8 Å². The first-order chi connectivity index (χ1) is 49.4. The lowest BCUT2D eigenvalue weighted by Gasteiger charge is -2.40. The van der Waals surface area contributed by atoms with Crippen LogP contribution in [0.2, 0.25) is 0 Å². The Kier molecular flexibility index (Phi) is 42.4. The van der Waals surface area contributed by atoms with Gasteiger partial charge in [-0.05, 0) is 50.4 Å². The van der Waals surface area contributed by atoms with E-state index in [1.54, 1.807) is 117 Å². The number of fused-ring (bicyclic) bond motifs is 4. The van der Waals surface area contributed by atoms with Crippen molar-refractivity contribution in [3.8, 4) is 0 Å². The second-order valence-electron chi connectivity index (χ2n) is 28.5. The Hall–Kier alpha value is -6.40. The van der Waals surface area contributed by atoms with Gasteiger partial charge in [-0.25, -0.2) is 9.97 Å². The van der Waals surface area contributed by atoms with Gasteiger partial charge in [0.1, 0.15) is 59.9 Å². The number of esters is 2. The number of nitrogens with zero attached hydrogens (tertiary/aromatic N) is 4. The summed E-state index contributed by atoms with van der Waals surface area (Å²) in [6.45, 7) is 14.6. The van der Waals surface area contributed by atoms with Gasteiger partial charge in [0.25, 0.3) is 0 Å². The normalized spacial score (nSPS) is 26.9. The van der Waals surface area contributed by atoms with Crippen LogP contribution in [0.1, 0.15) is 181 Å². The number of amides is 2. The van der Waals surface area contributed by atoms with Crippen molar-refractivity contribution in [2.24, 2.45) is 34.5 Å². The van der Waals surface area contributed by atoms with Crippen molar-refractivity contribution in [1.82, 2.24) is 19.8 Å². The molecule has 3 rings (SSSR count). The first-order valence-electron chi connectivity index (χ1n) is 36.0. The van der Waals surface area contributed by atoms with E-state index >= 15 is 0 Å². The molecule has 3 heterocycles. The maximum Gasteiger partial charge on any atom is 0.308 e. The summed E-state index contributed by atoms with van der Waals surface area (Å²) in [7, 11) is 15.4. The van der Waals surface area contributed by atoms with Crippen LogP contribution in [0, 0.1) is 34.5 Å². The van der Waals surface area contributed by atoms with Gasteiger partial charge in [-0.2, -0.15) is 0 Å². The fourth-order valence-electron chi connectivity index (χ4n) is 12.4. The number of cyclic esters (lactones) is 2. The van der Waals surface area contributed by atoms with Crippen LogP contribution >= 0.6 is 0 Å². The van der Waals surface area contributed by atoms with Crippen molar-refractivity contribution in [2.45, 2.75) is 244 Å². The molecule has 1 aliphatic rings. The molecule has 4 N–H and O–H groups in total. The molecule has 0 saturated carbocycles. The molecule has 104 heavy (non-hydrogen) atoms. The Morgan fingerprint density at radius 3 is 1.22 bits per heavy atom. The molecule has 0 fully saturated rings. The minimum atomic E-state index is -1.21. The third-order valence-electron chi connectivity index (χ3n) is 20.2. The number of aromatic nitrogens is 2. The molecule has 1 aliphatic heterocycles. The molecule has 0 aromatic carbocycles. The number of rotatable bonds is 32. The molecule has 2 aromatic rings. The van der Waals surface area contributed by atoms with Crippen molar-refractivity contribution < 1.29 is 105 Å². The van der Waals surface area contributed by atoms with E-state index in [1.165, 1.54) is 65.0 Å². The van der Waals surface area contributed by atoms with Crippen molar-refractivity contribution in [1.29, 1.82) is 0 Å². The number of aliphatic hydroxyl groups is 4. The SMILES string of the molecule is CO[C@H]1C/C=C/C=C/[C@H](OC)C[C@H](O)CC(=O)O[C@@H](C[C@H](OC)[C@@H](C)CCC(=O)[C@H](C)[C@@H](C/C=C/N(C)C=O)OC)C(C)(C)C(O)Cc2nc(co2)[C@@H](OC)C/C=C/C=C/[C@H](OC)C[C@H](O)CC(=O)O[C@@H](C[C@H](OC)[C@@H](C)CCC(=O)[C@H](C)[C@@H](C/C=C/N(C)C=O)OC)C(C)(C)C(O)Cc2nc1co2. The van der Waals surface area contributed by atoms with Crippen LogP contribution in [0.3, 0.4) is 0 Å². The Morgan fingerprint density at radius 1 is 0.548 bits per heavy atom. The first-order valence-corrected chi connectivity index (χ1v) is 36.0. The van der Waals surface area contributed by atoms with Gasteiger partial charge < -0.3 is 86.4 Å². The summed E-state index contributed by atoms with van der Waals surface area (Å²) in [4.78, 5) is 89.7. The van der Waals surface area contributed by atoms with Gasteiger partial charge in [0.2, 0.25) is 12.8 Å². The summed E-state index contributed by atoms with van der Waals surface area (Å²) in [6.07, 6.45) is 16.1. The highest BCUT2D eigenvalue weighted by molar-refractivity contribution is 5.81. The second-order valence-corrected chi connectivity index (χ2v) is 28.5. The van der Waals surface area contributed by atoms with Gasteiger partial charge >= 0.3 is 11.9 Å². The number of ketones is 2. The fourth-order valence-corrected chi connectivity index (χ4v) is 12.4. The summed E-state index contributed by atoms with van der Waals surface area (Å²) in [5, 5.41) is 47.1. The molecule has 18 atom stereocenters. The summed E-state index contributed by atoms with van der Waals surface area (Å²) in [5.41, 5.74) is -1.47. The molecule has 2 aromatic heterocycles. The number of methoxy groups -OCH3 is 8. The number of oxazole rings is 2. The Labute approximate surface area is 616 Å². The molecule has 26 nitrogen and oxygen atoms in total. The van der Waals surface area contributed by atoms with E-state index < -0.39 is 133 Å². The lowest BCUT2D eigenvalue weighted by molar-refractivity contribution is -0.169. The van der Waals surface area contributed by atoms with Crippen molar-refractivity contribution in [2.75, 3.05) is 71.0 Å². The summed E-state index contributed by atoms with van der Waals surface area (Å²) in [6, 6.07) is 0. The minimum Gasteiger partial charge on any atom is -0.462 e. The van der Waals surface area contributed by atoms with Crippen molar-refractivity contribution in [3.05, 3.63) is 109 Å². The molecule has 4 bridgehead atoms. The van der Waals surface area contributed by atoms with Crippen LogP contribution in [0.5, 0.6) is 0 Å². The lowest BCUT2D eigenvalue weighted by atomic mass is 9.75. The van der Waals surface area contributed by atoms with Gasteiger partial charge in [0.05, 0.1) is 86.7 Å². The number of aliphatic hydroxyl groups excluding tert-OH is 4. The average molecular weight is 1470 g/mol. The quantitative estimate of drug-likeness (QED) is 0.0391. The highest BCUT2D eigenvalue weighted by Crippen LogP contribution is 2.38. The van der Waals surface area contributed by atoms with E-state index in [-0.39, 0.29) is 86.6 Å². The van der Waals surface area contributed by atoms with Crippen LogP contribution in [0.15, 0.2) is 94.5 Å². The zero-order chi connectivity index (χ0) is 77.7. The summed E-state index contributed by atoms with van der Waals surface area (Å²) < 4.78 is 70.9. The van der Waals surface area contributed by atoms with Crippen LogP contribution in [-0.2, 0) is 89.0 Å². The van der Waals surface area contributed by atoms with Gasteiger partial charge in [-0.1, -0.05) is 116 Å². The standard InChI is InChI=1S/C78H124N4O22/c1-51(33-35-61(87)53(3)63(95-13)31-25-37-81(9)49-83)67(99-17)43-71-77(5,6)69(89)45-73-79-59(47-101-73)65(97-15)29-23-20-22-28-58(94-12)40-56(86)42-76(92)104-72(44-68(100-18)52(2)34-36-62(88)54(4)64(96-14)32-26-38-82(10)50-84)78(7,8)70(90)46-74-80-60(48-102-74)66(98-16)30-24-19-21-27-57(93-11)39-55(85)41-75(91)103-71/h19-28,37-38,47-58,63-72,85-86,89-90H,29-36,39-46H2,1-18H3/b23-20+,24-19+,27-21+,28-22+,37-25+,38-26+/t51-,52-,53-,54-,55-,56-,57-,58-,63+,64+,65-,66-,67-,68-,69?,70?,71-,72-/m0/s1. The average Bonchev–Trinajstić information content (AvgIpc) is 1.15. The molecule has 0 saturated heterocycles. The van der Waals surface area contributed by atoms with E-state index in [4.69, 9.17) is 66.2 Å². The number of carbonyl (C=O) groups is 6. The lowest BCUT2D eigenvalue weighted by Crippen LogP contribution is -2.46. The fraction of sp³-hybridized carbons (Fsp3) is 0.692. The summed E-state index contributed by atoms with van der Waals surface area (Å²) in [5.74, 6) is -2.49. The Balaban J connectivity index is 1.99. The van der Waals surface area contributed by atoms with Crippen LogP contribution in [-0.4, -0.2) is 221 Å². The highest BCUT2D eigenvalue weighted by atomic mass is 16.6. The van der Waals surface area contributed by atoms with Crippen molar-refractivity contribution >= 4 is 36.3 Å². The molecule has 0 spiro atoms. The monoisotopic (exact) mass is 1470 g/mol. The Bertz CT molecular complexity index is 2810. The number of allylic oxidation sites excluding steroid dienone is 4. The van der Waals surface area contributed by atoms with Crippen molar-refractivity contribution in [3.63, 3.8) is 0 Å². The molecule has 588 valence electrons. The number of carbonyl (C=O) groups excluding carboxylic acids is 6. The van der Waals surface area contributed by atoms with Gasteiger partial charge in [0.15, 0.2) is 11.8 Å². The molecule has 2 amide bonds. The molecular weight excluding hydrogens is 1340 g/mol. The largest absolute Gasteiger partial charge is 0.462 e. The van der Waals surface area contributed by atoms with Crippen LogP contribution in [0.4, 0.5) is 0 Å². The number of ether oxygens (including phenoxy) is 10. The molecule has 0 aliphatic carbocycles. The van der Waals surface area contributed by atoms with Gasteiger partial charge in [0, 0.05) is 145 Å². The van der Waals surface area contributed by atoms with E-state index in [0.29, 0.717) is 62.7 Å². The highest BCUT2D eigenvalue weighted by Gasteiger charge is 2.44. The zero-order valence-corrected chi connectivity index (χ0v) is 64.9. The van der Waals surface area contributed by atoms with Gasteiger partial charge in [-0.15, -0.1) is 0 Å². The molecule has 26 heteroatoms. The number of Topliss-reactive ketones (excluding diaryl/α,β-unsaturated/α-hetero) is 2. The number of hydrogen-bond acceptors (Lipinski definition) is 24. The third-order valence-corrected chi connectivity index (χ3v) is 20.2. The van der Waals surface area contributed by atoms with Crippen LogP contribution < -0.4 is 0 Å². The van der Waals surface area contributed by atoms with E-state index in [9.17, 15) is 49.2 Å². The second kappa shape index (κ2) is 48.0. The van der Waals surface area contributed by atoms with E-state index in [0.717, 1.165) is 0 Å². The number of hydrogen-bond donors (Lipinski definition) is 4. The maximum absolute atomic E-state index is 14.1. The Morgan fingerprint density at radius 2 is 0.904 bits per heavy atom. The minimum absolute atomic E-state index is 0.0193. The molecule has 2 unspecified atom stereocenters. The predicted octanol–water partition coefficient (Wildman–Crippen LogP) is 9.82. The molecular formula is C78H124N4O22. The summed E-state index contributed by atoms with van der Waals surface area (Å²) >= 11 is 0. The zero-order valence-electron chi connectivity index (χ0n) is 64.9. The smallest absolute Gasteiger partial charge is 0.308 e. The predicted molar refractivity (Wildman–Crippen MR) is 390 cm³/mol. The molecule has 0 radical (unpaired) electrons.